The number of aryl methyl sites for hydroxylation is 1. The molecule has 1 N–H and O–H groups in total. The van der Waals surface area contributed by atoms with Crippen molar-refractivity contribution in [2.24, 2.45) is 7.05 Å². The van der Waals surface area contributed by atoms with E-state index in [0.717, 1.165) is 19.4 Å². The molecule has 0 bridgehead atoms. The fraction of sp³-hybridized carbons (Fsp3) is 0.400. The summed E-state index contributed by atoms with van der Waals surface area (Å²) in [6.45, 7) is 1.44. The number of piperidine rings is 1. The minimum atomic E-state index is -0.128. The van der Waals surface area contributed by atoms with Crippen LogP contribution >= 0.6 is 0 Å². The van der Waals surface area contributed by atoms with Crippen LogP contribution in [-0.2, 0) is 7.05 Å². The molecule has 1 fully saturated rings. The molecule has 3 heterocycles. The van der Waals surface area contributed by atoms with E-state index in [-0.39, 0.29) is 11.9 Å². The van der Waals surface area contributed by atoms with Crippen molar-refractivity contribution < 1.29 is 4.79 Å². The van der Waals surface area contributed by atoms with Crippen LogP contribution in [0.2, 0.25) is 0 Å². The maximum Gasteiger partial charge on any atom is 0.254 e. The van der Waals surface area contributed by atoms with Gasteiger partial charge in [0.15, 0.2) is 0 Å². The van der Waals surface area contributed by atoms with Crippen molar-refractivity contribution in [1.29, 1.82) is 5.26 Å². The monoisotopic (exact) mass is 311 g/mol. The summed E-state index contributed by atoms with van der Waals surface area (Å²) in [6.07, 6.45) is 6.65. The number of nitrogens with one attached hydrogen (secondary N) is 1. The Kier molecular flexibility index (Phi) is 4.19. The molecule has 0 aliphatic carbocycles. The van der Waals surface area contributed by atoms with Crippen LogP contribution in [0.5, 0.6) is 0 Å². The van der Waals surface area contributed by atoms with E-state index in [4.69, 9.17) is 5.26 Å². The molecule has 0 aromatic carbocycles. The Balaban J connectivity index is 1.66. The topological polar surface area (TPSA) is 99.7 Å². The zero-order valence-electron chi connectivity index (χ0n) is 12.8. The number of hydrogen-bond acceptors (Lipinski definition) is 6. The lowest BCUT2D eigenvalue weighted by molar-refractivity contribution is 0.0933. The minimum Gasteiger partial charge on any atom is -0.347 e. The average Bonchev–Trinajstić information content (AvgIpc) is 3.02. The highest BCUT2D eigenvalue weighted by Crippen LogP contribution is 2.16. The van der Waals surface area contributed by atoms with E-state index >= 15 is 0 Å². The zero-order valence-corrected chi connectivity index (χ0v) is 12.8. The molecule has 0 radical (unpaired) electrons. The van der Waals surface area contributed by atoms with Gasteiger partial charge in [-0.1, -0.05) is 0 Å². The molecule has 1 aliphatic rings. The molecular weight excluding hydrogens is 294 g/mol. The molecule has 1 unspecified atom stereocenters. The number of carbonyl (C=O) groups excluding carboxylic acids is 1. The standard InChI is InChI=1S/C15H17N7O/c1-21-9-11(8-18-21)14(23)19-13-3-2-6-22(10-13)15-17-5-4-12(7-16)20-15/h4-5,8-9,13H,2-3,6,10H2,1H3,(H,19,23). The molecule has 118 valence electrons. The van der Waals surface area contributed by atoms with Crippen molar-refractivity contribution in [2.75, 3.05) is 18.0 Å². The second-order valence-corrected chi connectivity index (χ2v) is 5.51. The van der Waals surface area contributed by atoms with Crippen LogP contribution < -0.4 is 10.2 Å². The molecule has 2 aromatic rings. The first kappa shape index (κ1) is 15.0. The Labute approximate surface area is 133 Å². The van der Waals surface area contributed by atoms with E-state index in [0.29, 0.717) is 23.8 Å². The second kappa shape index (κ2) is 6.44. The van der Waals surface area contributed by atoms with Crippen molar-refractivity contribution in [3.63, 3.8) is 0 Å². The van der Waals surface area contributed by atoms with Crippen molar-refractivity contribution in [3.05, 3.63) is 35.9 Å². The summed E-state index contributed by atoms with van der Waals surface area (Å²) in [5.74, 6) is 0.404. The second-order valence-electron chi connectivity index (χ2n) is 5.51. The fourth-order valence-electron chi connectivity index (χ4n) is 2.65. The van der Waals surface area contributed by atoms with Gasteiger partial charge in [-0.15, -0.1) is 0 Å². The molecule has 3 rings (SSSR count). The Morgan fingerprint density at radius 3 is 3.13 bits per heavy atom. The quantitative estimate of drug-likeness (QED) is 0.885. The van der Waals surface area contributed by atoms with Crippen molar-refractivity contribution >= 4 is 11.9 Å². The molecule has 0 saturated carbocycles. The fourth-order valence-corrected chi connectivity index (χ4v) is 2.65. The Hall–Kier alpha value is -2.95. The lowest BCUT2D eigenvalue weighted by Crippen LogP contribution is -2.48. The lowest BCUT2D eigenvalue weighted by atomic mass is 10.1. The molecule has 1 aliphatic heterocycles. The summed E-state index contributed by atoms with van der Waals surface area (Å²) in [5.41, 5.74) is 0.892. The van der Waals surface area contributed by atoms with Gasteiger partial charge in [-0.25, -0.2) is 9.97 Å². The smallest absolute Gasteiger partial charge is 0.254 e. The summed E-state index contributed by atoms with van der Waals surface area (Å²) >= 11 is 0. The van der Waals surface area contributed by atoms with Gasteiger partial charge < -0.3 is 10.2 Å². The third-order valence-electron chi connectivity index (χ3n) is 3.76. The van der Waals surface area contributed by atoms with Crippen LogP contribution in [0.3, 0.4) is 0 Å². The summed E-state index contributed by atoms with van der Waals surface area (Å²) in [7, 11) is 1.78. The van der Waals surface area contributed by atoms with Gasteiger partial charge in [-0.3, -0.25) is 9.48 Å². The van der Waals surface area contributed by atoms with Crippen LogP contribution in [-0.4, -0.2) is 44.8 Å². The van der Waals surface area contributed by atoms with Crippen LogP contribution in [0, 0.1) is 11.3 Å². The number of nitrogens with zero attached hydrogens (tertiary/aromatic N) is 6. The Bertz CT molecular complexity index is 748. The number of amides is 1. The molecule has 1 amide bonds. The number of aromatic nitrogens is 4. The van der Waals surface area contributed by atoms with Gasteiger partial charge in [0.25, 0.3) is 5.91 Å². The first-order valence-electron chi connectivity index (χ1n) is 7.43. The van der Waals surface area contributed by atoms with E-state index in [1.165, 1.54) is 0 Å². The van der Waals surface area contributed by atoms with Crippen LogP contribution in [0.1, 0.15) is 28.9 Å². The van der Waals surface area contributed by atoms with E-state index < -0.39 is 0 Å². The van der Waals surface area contributed by atoms with Crippen LogP contribution in [0.15, 0.2) is 24.7 Å². The predicted molar refractivity (Wildman–Crippen MR) is 82.7 cm³/mol. The van der Waals surface area contributed by atoms with Crippen LogP contribution in [0.25, 0.3) is 0 Å². The highest BCUT2D eigenvalue weighted by molar-refractivity contribution is 5.93. The van der Waals surface area contributed by atoms with E-state index in [9.17, 15) is 4.79 Å². The molecule has 1 saturated heterocycles. The van der Waals surface area contributed by atoms with Crippen molar-refractivity contribution in [3.8, 4) is 6.07 Å². The lowest BCUT2D eigenvalue weighted by Gasteiger charge is -2.33. The predicted octanol–water partition coefficient (Wildman–Crippen LogP) is 0.481. The number of anilines is 1. The van der Waals surface area contributed by atoms with Gasteiger partial charge in [-0.05, 0) is 18.9 Å². The first-order valence-corrected chi connectivity index (χ1v) is 7.43. The van der Waals surface area contributed by atoms with Gasteiger partial charge in [0.2, 0.25) is 5.95 Å². The van der Waals surface area contributed by atoms with Crippen LogP contribution in [0.4, 0.5) is 5.95 Å². The van der Waals surface area contributed by atoms with Gasteiger partial charge in [-0.2, -0.15) is 10.4 Å². The Morgan fingerprint density at radius 1 is 1.52 bits per heavy atom. The number of hydrogen-bond donors (Lipinski definition) is 1. The average molecular weight is 311 g/mol. The normalized spacial score (nSPS) is 17.6. The highest BCUT2D eigenvalue weighted by atomic mass is 16.1. The number of nitriles is 1. The summed E-state index contributed by atoms with van der Waals surface area (Å²) in [6, 6.07) is 3.61. The van der Waals surface area contributed by atoms with Gasteiger partial charge >= 0.3 is 0 Å². The summed E-state index contributed by atoms with van der Waals surface area (Å²) < 4.78 is 1.60. The Morgan fingerprint density at radius 2 is 2.39 bits per heavy atom. The largest absolute Gasteiger partial charge is 0.347 e. The minimum absolute atomic E-state index is 0.0193. The van der Waals surface area contributed by atoms with E-state index in [1.807, 2.05) is 11.0 Å². The highest BCUT2D eigenvalue weighted by Gasteiger charge is 2.24. The SMILES string of the molecule is Cn1cc(C(=O)NC2CCCN(c3nccc(C#N)n3)C2)cn1. The summed E-state index contributed by atoms with van der Waals surface area (Å²) in [5, 5.41) is 16.0. The third kappa shape index (κ3) is 3.45. The van der Waals surface area contributed by atoms with Crippen molar-refractivity contribution in [2.45, 2.75) is 18.9 Å². The molecule has 23 heavy (non-hydrogen) atoms. The first-order chi connectivity index (χ1) is 11.2. The molecular formula is C15H17N7O. The maximum absolute atomic E-state index is 12.2. The van der Waals surface area contributed by atoms with E-state index in [1.54, 1.807) is 36.4 Å². The maximum atomic E-state index is 12.2. The van der Waals surface area contributed by atoms with Gasteiger partial charge in [0.05, 0.1) is 11.8 Å². The van der Waals surface area contributed by atoms with Crippen molar-refractivity contribution in [1.82, 2.24) is 25.1 Å². The summed E-state index contributed by atoms with van der Waals surface area (Å²) in [4.78, 5) is 22.7. The molecule has 8 nitrogen and oxygen atoms in total. The van der Waals surface area contributed by atoms with E-state index in [2.05, 4.69) is 20.4 Å². The zero-order chi connectivity index (χ0) is 16.2. The van der Waals surface area contributed by atoms with Gasteiger partial charge in [0, 0.05) is 38.6 Å². The third-order valence-corrected chi connectivity index (χ3v) is 3.76. The molecule has 1 atom stereocenters. The molecule has 0 spiro atoms. The number of rotatable bonds is 3. The molecule has 8 heteroatoms. The number of carbonyl (C=O) groups is 1. The molecule has 2 aromatic heterocycles. The van der Waals surface area contributed by atoms with Gasteiger partial charge in [0.1, 0.15) is 11.8 Å².